The van der Waals surface area contributed by atoms with E-state index in [-0.39, 0.29) is 18.3 Å². The Bertz CT molecular complexity index is 884. The van der Waals surface area contributed by atoms with Crippen LogP contribution in [0.25, 0.3) is 0 Å². The molecule has 1 heterocycles. The van der Waals surface area contributed by atoms with Crippen LogP contribution in [-0.4, -0.2) is 48.4 Å². The van der Waals surface area contributed by atoms with Gasteiger partial charge in [0.25, 0.3) is 0 Å². The highest BCUT2D eigenvalue weighted by atomic mass is 19.4. The minimum atomic E-state index is -4.72. The number of ether oxygens (including phenoxy) is 1. The average Bonchev–Trinajstić information content (AvgIpc) is 2.73. The van der Waals surface area contributed by atoms with Crippen molar-refractivity contribution in [3.8, 4) is 11.8 Å². The quantitative estimate of drug-likeness (QED) is 0.807. The maximum atomic E-state index is 12.4. The van der Waals surface area contributed by atoms with Crippen LogP contribution in [0.1, 0.15) is 16.7 Å². The van der Waals surface area contributed by atoms with E-state index >= 15 is 0 Å². The number of piperazine rings is 1. The van der Waals surface area contributed by atoms with Crippen LogP contribution < -0.4 is 10.1 Å². The monoisotopic (exact) mass is 418 g/mol. The maximum Gasteiger partial charge on any atom is 0.573 e. The number of carbonyl (C=O) groups is 1. The van der Waals surface area contributed by atoms with Crippen LogP contribution in [0.5, 0.6) is 5.75 Å². The van der Waals surface area contributed by atoms with Crippen molar-refractivity contribution in [2.45, 2.75) is 19.5 Å². The largest absolute Gasteiger partial charge is 0.573 e. The van der Waals surface area contributed by atoms with E-state index in [4.69, 9.17) is 5.26 Å². The summed E-state index contributed by atoms with van der Waals surface area (Å²) < 4.78 is 40.4. The van der Waals surface area contributed by atoms with Crippen molar-refractivity contribution in [2.24, 2.45) is 0 Å². The van der Waals surface area contributed by atoms with Crippen molar-refractivity contribution < 1.29 is 22.7 Å². The first-order valence-corrected chi connectivity index (χ1v) is 9.41. The van der Waals surface area contributed by atoms with E-state index in [1.54, 1.807) is 17.0 Å². The van der Waals surface area contributed by atoms with Gasteiger partial charge in [-0.25, -0.2) is 4.79 Å². The van der Waals surface area contributed by atoms with Crippen LogP contribution in [0, 0.1) is 11.3 Å². The number of rotatable bonds is 5. The van der Waals surface area contributed by atoms with Gasteiger partial charge in [0, 0.05) is 39.3 Å². The number of amides is 2. The number of benzene rings is 2. The summed E-state index contributed by atoms with van der Waals surface area (Å²) in [5.41, 5.74) is 2.42. The molecule has 0 bridgehead atoms. The smallest absolute Gasteiger partial charge is 0.406 e. The Morgan fingerprint density at radius 1 is 1.00 bits per heavy atom. The molecule has 0 atom stereocenters. The first-order valence-electron chi connectivity index (χ1n) is 9.41. The van der Waals surface area contributed by atoms with Crippen molar-refractivity contribution >= 4 is 6.03 Å². The Morgan fingerprint density at radius 3 is 2.17 bits per heavy atom. The predicted molar refractivity (Wildman–Crippen MR) is 103 cm³/mol. The van der Waals surface area contributed by atoms with E-state index in [2.05, 4.69) is 21.0 Å². The molecule has 1 saturated heterocycles. The Kier molecular flexibility index (Phi) is 6.79. The fourth-order valence-corrected chi connectivity index (χ4v) is 3.15. The molecule has 1 aliphatic heterocycles. The summed E-state index contributed by atoms with van der Waals surface area (Å²) in [5.74, 6) is -0.295. The Hall–Kier alpha value is -3.25. The summed E-state index contributed by atoms with van der Waals surface area (Å²) in [6.45, 7) is 3.61. The van der Waals surface area contributed by atoms with Gasteiger partial charge in [0.1, 0.15) is 5.75 Å². The lowest BCUT2D eigenvalue weighted by molar-refractivity contribution is -0.274. The van der Waals surface area contributed by atoms with Crippen LogP contribution >= 0.6 is 0 Å². The molecule has 1 fully saturated rings. The molecule has 0 aliphatic carbocycles. The fraction of sp³-hybridized carbons (Fsp3) is 0.333. The standard InChI is InChI=1S/C21H21F3N4O2/c22-21(23,24)30-19-7-5-17(6-8-19)14-26-20(29)28-11-9-27(10-12-28)15-18-3-1-16(13-25)2-4-18/h1-8H,9-12,14-15H2,(H,26,29). The molecule has 2 aromatic rings. The number of hydrogen-bond donors (Lipinski definition) is 1. The summed E-state index contributed by atoms with van der Waals surface area (Å²) in [6.07, 6.45) is -4.72. The molecule has 2 aromatic carbocycles. The molecule has 30 heavy (non-hydrogen) atoms. The zero-order chi connectivity index (χ0) is 21.6. The minimum absolute atomic E-state index is 0.205. The Balaban J connectivity index is 1.41. The molecule has 0 radical (unpaired) electrons. The predicted octanol–water partition coefficient (Wildman–Crippen LogP) is 3.48. The molecule has 0 unspecified atom stereocenters. The molecular formula is C21H21F3N4O2. The van der Waals surface area contributed by atoms with Crippen molar-refractivity contribution in [1.82, 2.24) is 15.1 Å². The second-order valence-corrected chi connectivity index (χ2v) is 6.92. The van der Waals surface area contributed by atoms with Gasteiger partial charge in [-0.05, 0) is 35.4 Å². The zero-order valence-corrected chi connectivity index (χ0v) is 16.2. The first-order chi connectivity index (χ1) is 14.3. The van der Waals surface area contributed by atoms with Crippen LogP contribution in [0.3, 0.4) is 0 Å². The summed E-state index contributed by atoms with van der Waals surface area (Å²) >= 11 is 0. The molecule has 3 rings (SSSR count). The van der Waals surface area contributed by atoms with E-state index in [1.807, 2.05) is 12.1 Å². The molecule has 1 N–H and O–H groups in total. The highest BCUT2D eigenvalue weighted by Gasteiger charge is 2.31. The summed E-state index contributed by atoms with van der Waals surface area (Å²) in [6, 6.07) is 14.7. The lowest BCUT2D eigenvalue weighted by Gasteiger charge is -2.34. The number of alkyl halides is 3. The molecule has 2 amide bonds. The number of halogens is 3. The van der Waals surface area contributed by atoms with Gasteiger partial charge in [0.05, 0.1) is 11.6 Å². The van der Waals surface area contributed by atoms with E-state index in [0.717, 1.165) is 25.2 Å². The van der Waals surface area contributed by atoms with Crippen LogP contribution in [0.4, 0.5) is 18.0 Å². The van der Waals surface area contributed by atoms with E-state index in [0.29, 0.717) is 24.2 Å². The third kappa shape index (κ3) is 6.39. The van der Waals surface area contributed by atoms with E-state index < -0.39 is 6.36 Å². The molecule has 6 nitrogen and oxygen atoms in total. The summed E-state index contributed by atoms with van der Waals surface area (Å²) in [7, 11) is 0. The lowest BCUT2D eigenvalue weighted by atomic mass is 10.1. The van der Waals surface area contributed by atoms with Gasteiger partial charge in [-0.2, -0.15) is 5.26 Å². The topological polar surface area (TPSA) is 68.6 Å². The summed E-state index contributed by atoms with van der Waals surface area (Å²) in [4.78, 5) is 16.3. The number of carbonyl (C=O) groups excluding carboxylic acids is 1. The Morgan fingerprint density at radius 2 is 1.60 bits per heavy atom. The maximum absolute atomic E-state index is 12.4. The van der Waals surface area contributed by atoms with Crippen LogP contribution in [-0.2, 0) is 13.1 Å². The molecule has 158 valence electrons. The molecule has 0 saturated carbocycles. The number of nitrogens with one attached hydrogen (secondary N) is 1. The third-order valence-corrected chi connectivity index (χ3v) is 4.75. The number of nitrogens with zero attached hydrogens (tertiary/aromatic N) is 3. The highest BCUT2D eigenvalue weighted by Crippen LogP contribution is 2.22. The minimum Gasteiger partial charge on any atom is -0.406 e. The second kappa shape index (κ2) is 9.50. The lowest BCUT2D eigenvalue weighted by Crippen LogP contribution is -2.51. The second-order valence-electron chi connectivity index (χ2n) is 6.92. The molecular weight excluding hydrogens is 397 g/mol. The SMILES string of the molecule is N#Cc1ccc(CN2CCN(C(=O)NCc3ccc(OC(F)(F)F)cc3)CC2)cc1. The molecule has 9 heteroatoms. The van der Waals surface area contributed by atoms with E-state index in [1.165, 1.54) is 24.3 Å². The van der Waals surface area contributed by atoms with Crippen molar-refractivity contribution in [2.75, 3.05) is 26.2 Å². The summed E-state index contributed by atoms with van der Waals surface area (Å²) in [5, 5.41) is 11.6. The van der Waals surface area contributed by atoms with Gasteiger partial charge >= 0.3 is 12.4 Å². The fourth-order valence-electron chi connectivity index (χ4n) is 3.15. The zero-order valence-electron chi connectivity index (χ0n) is 16.2. The van der Waals surface area contributed by atoms with Gasteiger partial charge in [-0.3, -0.25) is 4.90 Å². The highest BCUT2D eigenvalue weighted by molar-refractivity contribution is 5.74. The van der Waals surface area contributed by atoms with Gasteiger partial charge in [0.15, 0.2) is 0 Å². The molecule has 0 aromatic heterocycles. The molecule has 0 spiro atoms. The van der Waals surface area contributed by atoms with Crippen molar-refractivity contribution in [1.29, 1.82) is 5.26 Å². The first kappa shape index (κ1) is 21.5. The van der Waals surface area contributed by atoms with Gasteiger partial charge in [0.2, 0.25) is 0 Å². The van der Waals surface area contributed by atoms with Gasteiger partial charge in [-0.15, -0.1) is 13.2 Å². The van der Waals surface area contributed by atoms with E-state index in [9.17, 15) is 18.0 Å². The van der Waals surface area contributed by atoms with Crippen molar-refractivity contribution in [3.63, 3.8) is 0 Å². The van der Waals surface area contributed by atoms with Crippen LogP contribution in [0.15, 0.2) is 48.5 Å². The number of urea groups is 1. The average molecular weight is 418 g/mol. The van der Waals surface area contributed by atoms with Gasteiger partial charge < -0.3 is 15.0 Å². The number of nitriles is 1. The van der Waals surface area contributed by atoms with Gasteiger partial charge in [-0.1, -0.05) is 24.3 Å². The third-order valence-electron chi connectivity index (χ3n) is 4.75. The van der Waals surface area contributed by atoms with Crippen LogP contribution in [0.2, 0.25) is 0 Å². The normalized spacial score (nSPS) is 14.8. The Labute approximate surface area is 172 Å². The molecule has 1 aliphatic rings. The number of hydrogen-bond acceptors (Lipinski definition) is 4. The van der Waals surface area contributed by atoms with Crippen molar-refractivity contribution in [3.05, 3.63) is 65.2 Å².